The molecule has 0 bridgehead atoms. The van der Waals surface area contributed by atoms with Crippen molar-refractivity contribution in [2.45, 2.75) is 108 Å². The van der Waals surface area contributed by atoms with Crippen LogP contribution in [0.25, 0.3) is 0 Å². The Morgan fingerprint density at radius 2 is 1.52 bits per heavy atom. The van der Waals surface area contributed by atoms with Crippen molar-refractivity contribution in [3.05, 3.63) is 0 Å². The minimum absolute atomic E-state index is 0.0185. The molecule has 0 saturated carbocycles. The maximum Gasteiger partial charge on any atom is 0.335 e. The maximum absolute atomic E-state index is 13.3. The lowest BCUT2D eigenvalue weighted by Crippen LogP contribution is -2.61. The molecule has 23 heteroatoms. The predicted octanol–water partition coefficient (Wildman–Crippen LogP) is -6.05. The summed E-state index contributed by atoms with van der Waals surface area (Å²) in [5, 5.41) is 80.7. The third-order valence-electron chi connectivity index (χ3n) is 7.91. The molecule has 1 aliphatic rings. The summed E-state index contributed by atoms with van der Waals surface area (Å²) in [5.41, 5.74) is 1.84. The van der Waals surface area contributed by atoms with E-state index in [4.69, 9.17) is 9.94 Å². The van der Waals surface area contributed by atoms with Crippen molar-refractivity contribution in [2.75, 3.05) is 19.7 Å². The molecule has 13 N–H and O–H groups in total. The Morgan fingerprint density at radius 3 is 2.08 bits per heavy atom. The molecule has 1 fully saturated rings. The molecule has 0 aromatic rings. The number of nitrogens with zero attached hydrogens (tertiary/aromatic N) is 1. The molecule has 296 valence electrons. The predicted molar refractivity (Wildman–Crippen MR) is 170 cm³/mol. The van der Waals surface area contributed by atoms with Gasteiger partial charge in [0.1, 0.15) is 24.2 Å². The first-order valence-electron chi connectivity index (χ1n) is 16.2. The number of ether oxygens (including phenoxy) is 1. The fraction of sp³-hybridized carbons (Fsp3) is 0.724. The Labute approximate surface area is 297 Å². The van der Waals surface area contributed by atoms with Gasteiger partial charge in [-0.25, -0.2) is 20.1 Å². The van der Waals surface area contributed by atoms with Gasteiger partial charge >= 0.3 is 11.9 Å². The van der Waals surface area contributed by atoms with Crippen LogP contribution in [0, 0.1) is 5.92 Å². The third kappa shape index (κ3) is 14.6. The molecule has 1 heterocycles. The van der Waals surface area contributed by atoms with Crippen LogP contribution in [0.3, 0.4) is 0 Å². The smallest absolute Gasteiger partial charge is 0.335 e. The summed E-state index contributed by atoms with van der Waals surface area (Å²) in [7, 11) is 0. The fourth-order valence-corrected chi connectivity index (χ4v) is 4.93. The number of amides is 6. The van der Waals surface area contributed by atoms with Gasteiger partial charge in [0.2, 0.25) is 35.9 Å². The van der Waals surface area contributed by atoms with E-state index in [0.29, 0.717) is 5.06 Å². The number of aliphatic carboxylic acids is 1. The lowest BCUT2D eigenvalue weighted by Gasteiger charge is -2.30. The zero-order valence-electron chi connectivity index (χ0n) is 28.8. The van der Waals surface area contributed by atoms with Crippen molar-refractivity contribution < 1.29 is 79.0 Å². The Balaban J connectivity index is 3.65. The molecule has 52 heavy (non-hydrogen) atoms. The van der Waals surface area contributed by atoms with Crippen LogP contribution in [0.5, 0.6) is 0 Å². The second-order valence-corrected chi connectivity index (χ2v) is 12.2. The van der Waals surface area contributed by atoms with E-state index in [0.717, 1.165) is 6.92 Å². The Bertz CT molecular complexity index is 1260. The average molecular weight is 752 g/mol. The van der Waals surface area contributed by atoms with Crippen LogP contribution in [0.4, 0.5) is 0 Å². The first-order valence-corrected chi connectivity index (χ1v) is 16.2. The van der Waals surface area contributed by atoms with E-state index >= 15 is 0 Å². The van der Waals surface area contributed by atoms with E-state index in [9.17, 15) is 69.1 Å². The molecule has 0 aromatic heterocycles. The summed E-state index contributed by atoms with van der Waals surface area (Å²) in [5.74, 6) is -10.4. The number of hydrogen-bond donors (Lipinski definition) is 13. The highest BCUT2D eigenvalue weighted by molar-refractivity contribution is 5.96. The Kier molecular flexibility index (Phi) is 19.6. The van der Waals surface area contributed by atoms with Gasteiger partial charge in [-0.3, -0.25) is 34.0 Å². The van der Waals surface area contributed by atoms with E-state index in [1.807, 2.05) is 10.8 Å². The number of rotatable bonds is 13. The zero-order valence-corrected chi connectivity index (χ0v) is 28.8. The van der Waals surface area contributed by atoms with Crippen molar-refractivity contribution in [2.24, 2.45) is 5.92 Å². The monoisotopic (exact) mass is 751 g/mol. The summed E-state index contributed by atoms with van der Waals surface area (Å²) in [4.78, 5) is 101. The van der Waals surface area contributed by atoms with Gasteiger partial charge in [-0.05, 0) is 39.5 Å². The molecule has 0 aromatic carbocycles. The summed E-state index contributed by atoms with van der Waals surface area (Å²) in [6.45, 7) is 2.07. The van der Waals surface area contributed by atoms with Crippen molar-refractivity contribution in [3.63, 3.8) is 0 Å². The van der Waals surface area contributed by atoms with Crippen LogP contribution in [-0.4, -0.2) is 163 Å². The number of nitrogens with one attached hydrogen (secondary N) is 6. The van der Waals surface area contributed by atoms with Crippen LogP contribution >= 0.6 is 0 Å². The standard InChI is InChI=1S/C29H49N7O16/c1-13-10-19(40)31-16(7-5-9-36(51)12-38)22(41)14(2)24(43)34-20(15(3)39)27(46)32-17(6-4-8-30-50)25(44)33-18(11-37)26(45)35-21(29(49)52-13)23(42)28(47)48/h12-18,20-23,30,37,39,41-42,50-51H,4-11H2,1-3H3,(H,31,40)(H,32,46)(H,33,44)(H,34,43)(H,35,45)(H,47,48). The zero-order chi connectivity index (χ0) is 39.7. The number of carboxylic acids is 1. The molecule has 10 unspecified atom stereocenters. The maximum atomic E-state index is 13.3. The van der Waals surface area contributed by atoms with Crippen LogP contribution in [-0.2, 0) is 43.1 Å². The topological polar surface area (TPSA) is 363 Å². The quantitative estimate of drug-likeness (QED) is 0.0274. The van der Waals surface area contributed by atoms with Gasteiger partial charge in [-0.15, -0.1) is 0 Å². The molecule has 0 spiro atoms. The number of carboxylic acid groups (broad SMARTS) is 1. The molecule has 1 rings (SSSR count). The molecule has 1 saturated heterocycles. The molecule has 10 atom stereocenters. The Morgan fingerprint density at radius 1 is 0.923 bits per heavy atom. The fourth-order valence-electron chi connectivity index (χ4n) is 4.93. The van der Waals surface area contributed by atoms with Gasteiger partial charge in [0, 0.05) is 13.1 Å². The first-order chi connectivity index (χ1) is 24.4. The summed E-state index contributed by atoms with van der Waals surface area (Å²) in [6.07, 6.45) is -8.21. The minimum Gasteiger partial charge on any atom is -0.479 e. The Hall–Kier alpha value is -4.52. The summed E-state index contributed by atoms with van der Waals surface area (Å²) in [6, 6.07) is -8.81. The second-order valence-electron chi connectivity index (χ2n) is 12.2. The van der Waals surface area contributed by atoms with Crippen molar-refractivity contribution in [1.82, 2.24) is 37.1 Å². The lowest BCUT2D eigenvalue weighted by molar-refractivity contribution is -0.164. The number of aliphatic hydroxyl groups excluding tert-OH is 4. The van der Waals surface area contributed by atoms with Crippen molar-refractivity contribution in [3.8, 4) is 0 Å². The molecule has 1 aliphatic heterocycles. The number of hydroxylamine groups is 3. The number of hydrogen-bond acceptors (Lipinski definition) is 16. The van der Waals surface area contributed by atoms with Gasteiger partial charge in [0.25, 0.3) is 0 Å². The van der Waals surface area contributed by atoms with Crippen molar-refractivity contribution in [1.29, 1.82) is 0 Å². The highest BCUT2D eigenvalue weighted by atomic mass is 16.5. The van der Waals surface area contributed by atoms with Crippen LogP contribution < -0.4 is 32.1 Å². The third-order valence-corrected chi connectivity index (χ3v) is 7.91. The number of carbonyl (C=O) groups is 8. The normalized spacial score (nSPS) is 28.7. The highest BCUT2D eigenvalue weighted by Gasteiger charge is 2.39. The van der Waals surface area contributed by atoms with Crippen LogP contribution in [0.2, 0.25) is 0 Å². The SMILES string of the molecule is CC1CC(=O)NC(CCCN(O)C=O)C(O)C(C)C(=O)NC(C(C)O)C(=O)NC(CCCNO)C(=O)NC(CO)C(=O)NC(C(O)C(=O)O)C(=O)O1. The number of aliphatic hydroxyl groups is 4. The minimum atomic E-state index is -2.62. The van der Waals surface area contributed by atoms with Crippen LogP contribution in [0.1, 0.15) is 52.9 Å². The highest BCUT2D eigenvalue weighted by Crippen LogP contribution is 2.15. The van der Waals surface area contributed by atoms with Crippen molar-refractivity contribution >= 4 is 47.9 Å². The molecule has 23 nitrogen and oxygen atoms in total. The largest absolute Gasteiger partial charge is 0.479 e. The molecule has 6 amide bonds. The number of cyclic esters (lactones) is 1. The molecule has 0 aliphatic carbocycles. The van der Waals surface area contributed by atoms with E-state index in [1.165, 1.54) is 13.8 Å². The van der Waals surface area contributed by atoms with Gasteiger partial charge in [-0.1, -0.05) is 6.92 Å². The van der Waals surface area contributed by atoms with E-state index < -0.39 is 115 Å². The van der Waals surface area contributed by atoms with Gasteiger partial charge in [0.15, 0.2) is 12.1 Å². The van der Waals surface area contributed by atoms with E-state index in [2.05, 4.69) is 21.3 Å². The van der Waals surface area contributed by atoms with E-state index in [-0.39, 0.29) is 45.2 Å². The number of esters is 1. The van der Waals surface area contributed by atoms with Gasteiger partial charge < -0.3 is 62.1 Å². The second kappa shape index (κ2) is 22.4. The molecular formula is C29H49N7O16. The summed E-state index contributed by atoms with van der Waals surface area (Å²) >= 11 is 0. The summed E-state index contributed by atoms with van der Waals surface area (Å²) < 4.78 is 5.10. The van der Waals surface area contributed by atoms with Crippen LogP contribution in [0.15, 0.2) is 0 Å². The molecule has 0 radical (unpaired) electrons. The number of carbonyl (C=O) groups excluding carboxylic acids is 7. The average Bonchev–Trinajstić information content (AvgIpc) is 3.08. The lowest BCUT2D eigenvalue weighted by atomic mass is 9.93. The van der Waals surface area contributed by atoms with Gasteiger partial charge in [-0.2, -0.15) is 0 Å². The van der Waals surface area contributed by atoms with Gasteiger partial charge in [0.05, 0.1) is 37.2 Å². The first kappa shape index (κ1) is 45.5. The molecular weight excluding hydrogens is 702 g/mol. The van der Waals surface area contributed by atoms with E-state index in [1.54, 1.807) is 0 Å².